The molecule has 1 radical (unpaired) electrons. The molecule has 1 nitrogen and oxygen atoms in total. The lowest BCUT2D eigenvalue weighted by atomic mass is 10.2. The maximum atomic E-state index is 10.0. The van der Waals surface area contributed by atoms with Crippen molar-refractivity contribution in [2.45, 2.75) is 71.1 Å². The minimum Gasteiger partial charge on any atom is -0.291 e. The smallest absolute Gasteiger partial charge is 0.198 e. The molecule has 0 saturated heterocycles. The Morgan fingerprint density at radius 1 is 0.565 bits per heavy atom. The normalized spacial score (nSPS) is 12.7. The summed E-state index contributed by atoms with van der Waals surface area (Å²) in [5.41, 5.74) is 0. The van der Waals surface area contributed by atoms with E-state index in [2.05, 4.69) is 67.7 Å². The van der Waals surface area contributed by atoms with E-state index in [1.807, 2.05) is 6.29 Å². The van der Waals surface area contributed by atoms with Crippen LogP contribution in [0.15, 0.2) is 60.8 Å². The van der Waals surface area contributed by atoms with E-state index in [-0.39, 0.29) is 0 Å². The third kappa shape index (κ3) is 20.4. The highest BCUT2D eigenvalue weighted by Gasteiger charge is 1.81. The van der Waals surface area contributed by atoms with Crippen LogP contribution in [0.5, 0.6) is 0 Å². The van der Waals surface area contributed by atoms with Crippen molar-refractivity contribution in [1.29, 1.82) is 0 Å². The Hall–Kier alpha value is -1.63. The second-order valence-corrected chi connectivity index (χ2v) is 5.42. The average molecular weight is 314 g/mol. The van der Waals surface area contributed by atoms with Crippen molar-refractivity contribution in [3.8, 4) is 0 Å². The highest BCUT2D eigenvalue weighted by Crippen LogP contribution is 2.00. The average Bonchev–Trinajstić information content (AvgIpc) is 2.57. The molecule has 0 fully saturated rings. The van der Waals surface area contributed by atoms with Gasteiger partial charge in [-0.25, -0.2) is 0 Å². The van der Waals surface area contributed by atoms with Gasteiger partial charge in [-0.3, -0.25) is 4.79 Å². The van der Waals surface area contributed by atoms with Gasteiger partial charge in [-0.05, 0) is 57.8 Å². The quantitative estimate of drug-likeness (QED) is 0.240. The Kier molecular flexibility index (Phi) is 18.9. The van der Waals surface area contributed by atoms with E-state index < -0.39 is 0 Å². The first-order chi connectivity index (χ1) is 11.4. The molecule has 0 aromatic rings. The van der Waals surface area contributed by atoms with Gasteiger partial charge in [-0.1, -0.05) is 67.7 Å². The Balaban J connectivity index is 3.37. The van der Waals surface area contributed by atoms with Crippen LogP contribution in [-0.2, 0) is 4.79 Å². The molecule has 0 saturated carbocycles. The molecular formula is C22H33O. The van der Waals surface area contributed by atoms with Crippen molar-refractivity contribution in [1.82, 2.24) is 0 Å². The largest absolute Gasteiger partial charge is 0.291 e. The van der Waals surface area contributed by atoms with E-state index in [0.29, 0.717) is 6.42 Å². The lowest BCUT2D eigenvalue weighted by molar-refractivity contribution is 0.551. The fourth-order valence-electron chi connectivity index (χ4n) is 1.98. The standard InChI is InChI=1S/C22H33O/c1-2-3-4-5-6-7-8-9-10-11-12-13-14-15-16-17-18-19-20-21-22-23/h3-4,7-8,10-11,14-15,18-19H,2,5-6,9,12-13,16-17,20-21H2,1H3. The minimum absolute atomic E-state index is 0.518. The number of unbranched alkanes of at least 4 members (excludes halogenated alkanes) is 4. The van der Waals surface area contributed by atoms with Crippen LogP contribution in [0, 0.1) is 0 Å². The SMILES string of the molecule is CCC=CCCC=CCC=CCCC=CCCC=CCC[C]=O. The summed E-state index contributed by atoms with van der Waals surface area (Å²) in [5, 5.41) is 0. The van der Waals surface area contributed by atoms with E-state index >= 15 is 0 Å². The molecule has 0 aliphatic carbocycles. The number of hydrogen-bond acceptors (Lipinski definition) is 1. The predicted molar refractivity (Wildman–Crippen MR) is 103 cm³/mol. The number of carbonyl (C=O) groups excluding carboxylic acids is 1. The molecule has 23 heavy (non-hydrogen) atoms. The van der Waals surface area contributed by atoms with Crippen LogP contribution in [0.3, 0.4) is 0 Å². The summed E-state index contributed by atoms with van der Waals surface area (Å²) in [6.07, 6.45) is 34.3. The maximum absolute atomic E-state index is 10.0. The van der Waals surface area contributed by atoms with E-state index in [9.17, 15) is 4.79 Å². The van der Waals surface area contributed by atoms with E-state index in [0.717, 1.165) is 57.8 Å². The Labute approximate surface area is 143 Å². The van der Waals surface area contributed by atoms with Crippen molar-refractivity contribution in [2.75, 3.05) is 0 Å². The molecule has 0 aliphatic rings. The zero-order chi connectivity index (χ0) is 16.8. The molecule has 0 atom stereocenters. The van der Waals surface area contributed by atoms with Crippen LogP contribution in [0.1, 0.15) is 71.1 Å². The Bertz CT molecular complexity index is 383. The van der Waals surface area contributed by atoms with E-state index in [1.165, 1.54) is 0 Å². The lowest BCUT2D eigenvalue weighted by Gasteiger charge is -1.89. The summed E-state index contributed by atoms with van der Waals surface area (Å²) < 4.78 is 0. The van der Waals surface area contributed by atoms with Crippen LogP contribution in [0.2, 0.25) is 0 Å². The third-order valence-corrected chi connectivity index (χ3v) is 3.25. The molecule has 0 heterocycles. The number of allylic oxidation sites excluding steroid dienone is 10. The molecule has 0 rings (SSSR count). The zero-order valence-electron chi connectivity index (χ0n) is 14.8. The van der Waals surface area contributed by atoms with Gasteiger partial charge in [-0.2, -0.15) is 0 Å². The van der Waals surface area contributed by atoms with Gasteiger partial charge >= 0.3 is 0 Å². The second kappa shape index (κ2) is 20.4. The topological polar surface area (TPSA) is 17.1 Å². The molecule has 0 bridgehead atoms. The van der Waals surface area contributed by atoms with Gasteiger partial charge in [0.15, 0.2) is 6.29 Å². The molecular weight excluding hydrogens is 280 g/mol. The van der Waals surface area contributed by atoms with Gasteiger partial charge in [-0.15, -0.1) is 0 Å². The first-order valence-corrected chi connectivity index (χ1v) is 9.01. The van der Waals surface area contributed by atoms with Crippen molar-refractivity contribution < 1.29 is 4.79 Å². The van der Waals surface area contributed by atoms with Gasteiger partial charge < -0.3 is 0 Å². The molecule has 0 unspecified atom stereocenters. The monoisotopic (exact) mass is 313 g/mol. The van der Waals surface area contributed by atoms with Crippen LogP contribution in [0.4, 0.5) is 0 Å². The Morgan fingerprint density at radius 2 is 0.957 bits per heavy atom. The fraction of sp³-hybridized carbons (Fsp3) is 0.500. The third-order valence-electron chi connectivity index (χ3n) is 3.25. The summed E-state index contributed by atoms with van der Waals surface area (Å²) in [5.74, 6) is 0. The van der Waals surface area contributed by atoms with Crippen LogP contribution >= 0.6 is 0 Å². The van der Waals surface area contributed by atoms with Crippen molar-refractivity contribution >= 4 is 6.29 Å². The van der Waals surface area contributed by atoms with Gasteiger partial charge in [0.1, 0.15) is 0 Å². The summed E-state index contributed by atoms with van der Waals surface area (Å²) >= 11 is 0. The first-order valence-electron chi connectivity index (χ1n) is 9.01. The fourth-order valence-corrected chi connectivity index (χ4v) is 1.98. The second-order valence-electron chi connectivity index (χ2n) is 5.42. The molecule has 0 N–H and O–H groups in total. The summed E-state index contributed by atoms with van der Waals surface area (Å²) in [4.78, 5) is 10.0. The zero-order valence-corrected chi connectivity index (χ0v) is 14.8. The van der Waals surface area contributed by atoms with Gasteiger partial charge in [0, 0.05) is 6.42 Å². The van der Waals surface area contributed by atoms with E-state index in [4.69, 9.17) is 0 Å². The highest BCUT2D eigenvalue weighted by molar-refractivity contribution is 5.50. The van der Waals surface area contributed by atoms with Crippen molar-refractivity contribution in [3.63, 3.8) is 0 Å². The lowest BCUT2D eigenvalue weighted by Crippen LogP contribution is -1.71. The van der Waals surface area contributed by atoms with Gasteiger partial charge in [0.25, 0.3) is 0 Å². The van der Waals surface area contributed by atoms with Crippen LogP contribution in [-0.4, -0.2) is 6.29 Å². The van der Waals surface area contributed by atoms with Crippen LogP contribution in [0.25, 0.3) is 0 Å². The Morgan fingerprint density at radius 3 is 1.39 bits per heavy atom. The number of rotatable bonds is 15. The molecule has 0 aromatic heterocycles. The summed E-state index contributed by atoms with van der Waals surface area (Å²) in [7, 11) is 0. The first kappa shape index (κ1) is 21.4. The van der Waals surface area contributed by atoms with Gasteiger partial charge in [0.05, 0.1) is 0 Å². The summed E-state index contributed by atoms with van der Waals surface area (Å²) in [6, 6.07) is 0. The molecule has 1 heteroatoms. The van der Waals surface area contributed by atoms with Crippen LogP contribution < -0.4 is 0 Å². The summed E-state index contributed by atoms with van der Waals surface area (Å²) in [6.45, 7) is 2.17. The molecule has 0 aliphatic heterocycles. The minimum atomic E-state index is 0.518. The molecule has 127 valence electrons. The number of hydrogen-bond donors (Lipinski definition) is 0. The molecule has 0 amide bonds. The van der Waals surface area contributed by atoms with E-state index in [1.54, 1.807) is 0 Å². The maximum Gasteiger partial charge on any atom is 0.198 e. The molecule has 0 spiro atoms. The van der Waals surface area contributed by atoms with Crippen molar-refractivity contribution in [3.05, 3.63) is 60.8 Å². The van der Waals surface area contributed by atoms with Crippen molar-refractivity contribution in [2.24, 2.45) is 0 Å². The molecule has 0 aromatic carbocycles. The predicted octanol–water partition coefficient (Wildman–Crippen LogP) is 6.80. The highest BCUT2D eigenvalue weighted by atomic mass is 16.1. The van der Waals surface area contributed by atoms with Gasteiger partial charge in [0.2, 0.25) is 0 Å².